The van der Waals surface area contributed by atoms with Gasteiger partial charge < -0.3 is 5.73 Å². The number of allylic oxidation sites excluding steroid dienone is 3. The monoisotopic (exact) mass is 386 g/mol. The molecule has 7 nitrogen and oxygen atoms in total. The van der Waals surface area contributed by atoms with Crippen molar-refractivity contribution >= 4 is 11.6 Å². The summed E-state index contributed by atoms with van der Waals surface area (Å²) >= 11 is 0. The van der Waals surface area contributed by atoms with E-state index < -0.39 is 23.0 Å². The third-order valence-electron chi connectivity index (χ3n) is 5.34. The maximum atomic E-state index is 14.8. The van der Waals surface area contributed by atoms with Crippen LogP contribution in [0.4, 0.5) is 8.78 Å². The third-order valence-corrected chi connectivity index (χ3v) is 5.34. The fourth-order valence-electron chi connectivity index (χ4n) is 3.88. The van der Waals surface area contributed by atoms with E-state index in [-0.39, 0.29) is 24.0 Å². The summed E-state index contributed by atoms with van der Waals surface area (Å²) in [4.78, 5) is 16.1. The van der Waals surface area contributed by atoms with Gasteiger partial charge in [-0.15, -0.1) is 5.10 Å². The van der Waals surface area contributed by atoms with E-state index in [1.54, 1.807) is 6.08 Å². The Hall–Kier alpha value is -2.97. The molecule has 2 aromatic heterocycles. The van der Waals surface area contributed by atoms with Crippen LogP contribution in [0.5, 0.6) is 0 Å². The minimum absolute atomic E-state index is 0.0271. The van der Waals surface area contributed by atoms with Gasteiger partial charge in [0.15, 0.2) is 5.82 Å². The molecule has 2 aliphatic rings. The maximum absolute atomic E-state index is 14.8. The number of halogens is 2. The van der Waals surface area contributed by atoms with E-state index in [9.17, 15) is 13.6 Å². The first kappa shape index (κ1) is 18.4. The van der Waals surface area contributed by atoms with Gasteiger partial charge >= 0.3 is 0 Å². The summed E-state index contributed by atoms with van der Waals surface area (Å²) in [7, 11) is 0. The van der Waals surface area contributed by atoms with E-state index >= 15 is 0 Å². The number of carbonyl (C=O) groups excluding carboxylic acids is 1. The van der Waals surface area contributed by atoms with Crippen molar-refractivity contribution in [3.63, 3.8) is 0 Å². The number of nitrogens with zero attached hydrogens (tertiary/aromatic N) is 5. The topological polar surface area (TPSA) is 99.6 Å². The lowest BCUT2D eigenvalue weighted by atomic mass is 9.70. The van der Waals surface area contributed by atoms with E-state index in [2.05, 4.69) is 20.5 Å². The van der Waals surface area contributed by atoms with Gasteiger partial charge in [0, 0.05) is 23.0 Å². The Kier molecular flexibility index (Phi) is 4.32. The normalized spacial score (nSPS) is 22.2. The molecular weight excluding hydrogens is 366 g/mol. The Morgan fingerprint density at radius 3 is 2.71 bits per heavy atom. The van der Waals surface area contributed by atoms with Gasteiger partial charge in [-0.2, -0.15) is 4.68 Å². The van der Waals surface area contributed by atoms with Crippen molar-refractivity contribution in [1.29, 1.82) is 0 Å². The highest BCUT2D eigenvalue weighted by Gasteiger charge is 2.50. The molecule has 9 heteroatoms. The standard InChI is InChI=1S/C19H20F2N6O/c1-10(2)18-24-25-26-27(18)14-5-11(17(22)28)7-19(8-14,12-3-4-12)16-15(21)6-13(20)9-23-16/h5-6,8-10,12H,3-4,7H2,1-2H3,(H2,22,28). The van der Waals surface area contributed by atoms with Crippen LogP contribution < -0.4 is 5.73 Å². The van der Waals surface area contributed by atoms with Crippen molar-refractivity contribution in [2.75, 3.05) is 0 Å². The van der Waals surface area contributed by atoms with E-state index in [1.165, 1.54) is 4.68 Å². The second-order valence-corrected chi connectivity index (χ2v) is 7.68. The number of pyridine rings is 1. The summed E-state index contributed by atoms with van der Waals surface area (Å²) < 4.78 is 29.8. The maximum Gasteiger partial charge on any atom is 0.244 e. The third kappa shape index (κ3) is 3.00. The molecule has 1 fully saturated rings. The molecule has 2 aliphatic carbocycles. The first-order chi connectivity index (χ1) is 13.3. The molecule has 2 aromatic rings. The summed E-state index contributed by atoms with van der Waals surface area (Å²) in [6, 6.07) is 0.818. The van der Waals surface area contributed by atoms with Crippen LogP contribution in [0.2, 0.25) is 0 Å². The molecular formula is C19H20F2N6O. The Morgan fingerprint density at radius 2 is 2.11 bits per heavy atom. The second kappa shape index (κ2) is 6.57. The summed E-state index contributed by atoms with van der Waals surface area (Å²) in [6.45, 7) is 3.89. The van der Waals surface area contributed by atoms with E-state index in [0.717, 1.165) is 25.1 Å². The largest absolute Gasteiger partial charge is 0.366 e. The number of nitrogens with two attached hydrogens (primary N) is 1. The van der Waals surface area contributed by atoms with Crippen LogP contribution in [-0.2, 0) is 10.2 Å². The first-order valence-corrected chi connectivity index (χ1v) is 9.15. The van der Waals surface area contributed by atoms with Gasteiger partial charge in [-0.3, -0.25) is 9.78 Å². The van der Waals surface area contributed by atoms with Gasteiger partial charge in [0.05, 0.1) is 17.6 Å². The number of amides is 1. The molecule has 0 aromatic carbocycles. The van der Waals surface area contributed by atoms with Crippen molar-refractivity contribution < 1.29 is 13.6 Å². The van der Waals surface area contributed by atoms with Crippen molar-refractivity contribution in [1.82, 2.24) is 25.2 Å². The van der Waals surface area contributed by atoms with Gasteiger partial charge in [0.1, 0.15) is 11.6 Å². The predicted molar refractivity (Wildman–Crippen MR) is 96.6 cm³/mol. The van der Waals surface area contributed by atoms with Crippen LogP contribution in [-0.4, -0.2) is 31.1 Å². The number of hydrogen-bond acceptors (Lipinski definition) is 5. The highest BCUT2D eigenvalue weighted by atomic mass is 19.1. The van der Waals surface area contributed by atoms with Crippen LogP contribution in [0.25, 0.3) is 5.70 Å². The molecule has 0 aliphatic heterocycles. The lowest BCUT2D eigenvalue weighted by Crippen LogP contribution is -2.35. The Balaban J connectivity index is 1.94. The summed E-state index contributed by atoms with van der Waals surface area (Å²) in [5.74, 6) is -1.39. The summed E-state index contributed by atoms with van der Waals surface area (Å²) in [5.41, 5.74) is 5.66. The average molecular weight is 386 g/mol. The number of tetrazole rings is 1. The van der Waals surface area contributed by atoms with Crippen molar-refractivity contribution in [2.24, 2.45) is 11.7 Å². The first-order valence-electron chi connectivity index (χ1n) is 9.15. The molecule has 1 atom stereocenters. The predicted octanol–water partition coefficient (Wildman–Crippen LogP) is 2.47. The number of rotatable bonds is 5. The zero-order valence-corrected chi connectivity index (χ0v) is 15.6. The van der Waals surface area contributed by atoms with E-state index in [0.29, 0.717) is 17.1 Å². The molecule has 28 heavy (non-hydrogen) atoms. The highest BCUT2D eigenvalue weighted by Crippen LogP contribution is 2.54. The highest BCUT2D eigenvalue weighted by molar-refractivity contribution is 5.95. The minimum Gasteiger partial charge on any atom is -0.366 e. The lowest BCUT2D eigenvalue weighted by molar-refractivity contribution is -0.114. The summed E-state index contributed by atoms with van der Waals surface area (Å²) in [5, 5.41) is 11.8. The smallest absolute Gasteiger partial charge is 0.244 e. The number of aromatic nitrogens is 5. The van der Waals surface area contributed by atoms with E-state index in [1.807, 2.05) is 19.9 Å². The molecule has 2 N–H and O–H groups in total. The molecule has 2 heterocycles. The van der Waals surface area contributed by atoms with Crippen LogP contribution in [0.3, 0.4) is 0 Å². The van der Waals surface area contributed by atoms with Crippen LogP contribution in [0, 0.1) is 17.6 Å². The quantitative estimate of drug-likeness (QED) is 0.851. The van der Waals surface area contributed by atoms with Gasteiger partial charge in [-0.05, 0) is 47.8 Å². The number of carbonyl (C=O) groups is 1. The molecule has 1 unspecified atom stereocenters. The second-order valence-electron chi connectivity index (χ2n) is 7.68. The van der Waals surface area contributed by atoms with Crippen molar-refractivity contribution in [3.05, 3.63) is 53.1 Å². The molecule has 0 saturated heterocycles. The van der Waals surface area contributed by atoms with Crippen molar-refractivity contribution in [3.8, 4) is 0 Å². The SMILES string of the molecule is CC(C)c1nnnn1C1=CC(c2ncc(F)cc2F)(C2CC2)CC(C(N)=O)=C1. The minimum atomic E-state index is -0.910. The van der Waals surface area contributed by atoms with Crippen LogP contribution in [0.1, 0.15) is 50.5 Å². The molecule has 4 rings (SSSR count). The fourth-order valence-corrected chi connectivity index (χ4v) is 3.88. The fraction of sp³-hybridized carbons (Fsp3) is 0.421. The molecule has 0 spiro atoms. The molecule has 0 radical (unpaired) electrons. The molecule has 146 valence electrons. The van der Waals surface area contributed by atoms with Gasteiger partial charge in [-0.1, -0.05) is 13.8 Å². The van der Waals surface area contributed by atoms with Crippen LogP contribution >= 0.6 is 0 Å². The van der Waals surface area contributed by atoms with E-state index in [4.69, 9.17) is 5.73 Å². The molecule has 1 amide bonds. The van der Waals surface area contributed by atoms with Crippen molar-refractivity contribution in [2.45, 2.75) is 44.4 Å². The average Bonchev–Trinajstić information content (AvgIpc) is 3.38. The molecule has 0 bridgehead atoms. The Bertz CT molecular complexity index is 1010. The summed E-state index contributed by atoms with van der Waals surface area (Å²) in [6.07, 6.45) is 6.37. The van der Waals surface area contributed by atoms with Gasteiger partial charge in [0.25, 0.3) is 0 Å². The zero-order chi connectivity index (χ0) is 20.1. The van der Waals surface area contributed by atoms with Gasteiger partial charge in [-0.25, -0.2) is 8.78 Å². The molecule has 1 saturated carbocycles. The lowest BCUT2D eigenvalue weighted by Gasteiger charge is -2.35. The Morgan fingerprint density at radius 1 is 1.36 bits per heavy atom. The van der Waals surface area contributed by atoms with Crippen LogP contribution in [0.15, 0.2) is 30.0 Å². The number of hydrogen-bond donors (Lipinski definition) is 1. The number of primary amides is 1. The Labute approximate surface area is 160 Å². The van der Waals surface area contributed by atoms with Gasteiger partial charge in [0.2, 0.25) is 5.91 Å². The zero-order valence-electron chi connectivity index (χ0n) is 15.6.